The number of methoxy groups -OCH3 is 2. The third kappa shape index (κ3) is 4.65. The third-order valence-electron chi connectivity index (χ3n) is 4.51. The Hall–Kier alpha value is -3.66. The number of carbonyl (C=O) groups is 1. The van der Waals surface area contributed by atoms with Crippen molar-refractivity contribution in [3.8, 4) is 28.7 Å². The number of hydrazone groups is 1. The maximum absolute atomic E-state index is 12.4. The van der Waals surface area contributed by atoms with E-state index in [4.69, 9.17) is 28.1 Å². The van der Waals surface area contributed by atoms with Gasteiger partial charge in [0.25, 0.3) is 0 Å². The maximum atomic E-state index is 12.4. The highest BCUT2D eigenvalue weighted by atomic mass is 79.9. The summed E-state index contributed by atoms with van der Waals surface area (Å²) >= 11 is 3.45. The Morgan fingerprint density at radius 3 is 2.69 bits per heavy atom. The average molecular weight is 503 g/mol. The van der Waals surface area contributed by atoms with Crippen LogP contribution in [0.3, 0.4) is 0 Å². The molecule has 32 heavy (non-hydrogen) atoms. The summed E-state index contributed by atoms with van der Waals surface area (Å²) in [6, 6.07) is 12.0. The molecule has 0 aliphatic carbocycles. The highest BCUT2D eigenvalue weighted by Gasteiger charge is 2.15. The van der Waals surface area contributed by atoms with Gasteiger partial charge in [-0.15, -0.1) is 0 Å². The first-order valence-electron chi connectivity index (χ1n) is 9.44. The first-order valence-corrected chi connectivity index (χ1v) is 10.2. The van der Waals surface area contributed by atoms with Crippen molar-refractivity contribution >= 4 is 28.1 Å². The number of hydrogen-bond acceptors (Lipinski definition) is 8. The van der Waals surface area contributed by atoms with E-state index in [2.05, 4.69) is 26.5 Å². The number of carbonyl (C=O) groups excluding carboxylic acids is 1. The Balaban J connectivity index is 1.36. The van der Waals surface area contributed by atoms with Gasteiger partial charge in [0.1, 0.15) is 29.6 Å². The lowest BCUT2D eigenvalue weighted by Crippen LogP contribution is -2.17. The van der Waals surface area contributed by atoms with Gasteiger partial charge < -0.3 is 28.1 Å². The number of nitrogens with one attached hydrogen (secondary N) is 1. The van der Waals surface area contributed by atoms with Gasteiger partial charge in [0.2, 0.25) is 6.79 Å². The van der Waals surface area contributed by atoms with Gasteiger partial charge in [0, 0.05) is 6.07 Å². The Bertz CT molecular complexity index is 1160. The van der Waals surface area contributed by atoms with Crippen LogP contribution >= 0.6 is 15.9 Å². The topological polar surface area (TPSA) is 101 Å². The minimum Gasteiger partial charge on any atom is -0.496 e. The van der Waals surface area contributed by atoms with Crippen LogP contribution in [0.15, 0.2) is 56.5 Å². The van der Waals surface area contributed by atoms with Crippen LogP contribution in [0.2, 0.25) is 0 Å². The van der Waals surface area contributed by atoms with Gasteiger partial charge in [-0.05, 0) is 52.3 Å². The minimum atomic E-state index is -0.506. The van der Waals surface area contributed by atoms with E-state index in [1.807, 2.05) is 0 Å². The van der Waals surface area contributed by atoms with Crippen molar-refractivity contribution in [2.24, 2.45) is 5.10 Å². The number of nitrogens with zero attached hydrogens (tertiary/aromatic N) is 1. The molecule has 0 saturated heterocycles. The van der Waals surface area contributed by atoms with Crippen molar-refractivity contribution in [3.05, 3.63) is 64.0 Å². The molecule has 0 atom stereocenters. The number of ether oxygens (including phenoxy) is 5. The molecule has 2 heterocycles. The lowest BCUT2D eigenvalue weighted by molar-refractivity contribution is 0.0923. The van der Waals surface area contributed by atoms with Crippen molar-refractivity contribution in [3.63, 3.8) is 0 Å². The molecule has 0 spiro atoms. The molecule has 0 unspecified atom stereocenters. The van der Waals surface area contributed by atoms with E-state index in [0.717, 1.165) is 0 Å². The second-order valence-corrected chi connectivity index (χ2v) is 7.26. The summed E-state index contributed by atoms with van der Waals surface area (Å²) in [5, 5.41) is 3.99. The van der Waals surface area contributed by atoms with Crippen LogP contribution in [-0.4, -0.2) is 33.1 Å². The summed E-state index contributed by atoms with van der Waals surface area (Å²) in [4.78, 5) is 12.4. The normalized spacial score (nSPS) is 12.1. The van der Waals surface area contributed by atoms with E-state index in [0.29, 0.717) is 44.5 Å². The first kappa shape index (κ1) is 21.6. The molecule has 1 aliphatic rings. The Morgan fingerprint density at radius 1 is 1.09 bits per heavy atom. The Labute approximate surface area is 192 Å². The molecule has 0 radical (unpaired) electrons. The highest BCUT2D eigenvalue weighted by Crippen LogP contribution is 2.35. The van der Waals surface area contributed by atoms with Crippen molar-refractivity contribution in [2.75, 3.05) is 21.0 Å². The molecular formula is C22H19BrN2O7. The van der Waals surface area contributed by atoms with Crippen LogP contribution in [0.1, 0.15) is 21.9 Å². The van der Waals surface area contributed by atoms with Gasteiger partial charge in [0.15, 0.2) is 17.3 Å². The summed E-state index contributed by atoms with van der Waals surface area (Å²) < 4.78 is 33.1. The van der Waals surface area contributed by atoms with Crippen LogP contribution < -0.4 is 29.1 Å². The molecule has 0 saturated carbocycles. The van der Waals surface area contributed by atoms with Crippen LogP contribution in [0.5, 0.6) is 28.7 Å². The number of halogens is 1. The molecule has 1 aliphatic heterocycles. The molecule has 1 N–H and O–H groups in total. The van der Waals surface area contributed by atoms with E-state index < -0.39 is 5.91 Å². The minimum absolute atomic E-state index is 0.100. The summed E-state index contributed by atoms with van der Waals surface area (Å²) in [6.45, 7) is 0.337. The molecule has 166 valence electrons. The number of rotatable bonds is 8. The number of furan rings is 1. The fourth-order valence-electron chi connectivity index (χ4n) is 2.92. The Morgan fingerprint density at radius 2 is 1.88 bits per heavy atom. The SMILES string of the molecule is COc1ccc(OC)c(/C=N/NC(=O)c2ccc(COc3ccc4c(c3)OCO4)o2)c1Br. The highest BCUT2D eigenvalue weighted by molar-refractivity contribution is 9.10. The fourth-order valence-corrected chi connectivity index (χ4v) is 3.51. The van der Waals surface area contributed by atoms with E-state index in [1.54, 1.807) is 56.7 Å². The van der Waals surface area contributed by atoms with Crippen LogP contribution in [0.4, 0.5) is 0 Å². The van der Waals surface area contributed by atoms with E-state index in [9.17, 15) is 4.79 Å². The van der Waals surface area contributed by atoms with E-state index in [1.165, 1.54) is 6.21 Å². The number of hydrogen-bond donors (Lipinski definition) is 1. The van der Waals surface area contributed by atoms with Crippen molar-refractivity contribution < 1.29 is 32.9 Å². The summed E-state index contributed by atoms with van der Waals surface area (Å²) in [5.74, 6) is 3.14. The lowest BCUT2D eigenvalue weighted by atomic mass is 10.2. The zero-order chi connectivity index (χ0) is 22.5. The average Bonchev–Trinajstić information content (AvgIpc) is 3.47. The van der Waals surface area contributed by atoms with Gasteiger partial charge in [0.05, 0.1) is 30.5 Å². The largest absolute Gasteiger partial charge is 0.496 e. The second-order valence-electron chi connectivity index (χ2n) is 6.47. The van der Waals surface area contributed by atoms with E-state index >= 15 is 0 Å². The molecule has 2 aromatic carbocycles. The standard InChI is InChI=1S/C22H19BrN2O7/c1-27-16-7-8-18(28-2)21(23)15(16)10-24-25-22(26)19-6-4-14(32-19)11-29-13-3-5-17-20(9-13)31-12-30-17/h3-10H,11-12H2,1-2H3,(H,25,26)/b24-10+. The lowest BCUT2D eigenvalue weighted by Gasteiger charge is -2.10. The van der Waals surface area contributed by atoms with Crippen LogP contribution in [0, 0.1) is 0 Å². The number of amides is 1. The van der Waals surface area contributed by atoms with Gasteiger partial charge in [-0.3, -0.25) is 4.79 Å². The van der Waals surface area contributed by atoms with Crippen LogP contribution in [0.25, 0.3) is 0 Å². The van der Waals surface area contributed by atoms with E-state index in [-0.39, 0.29) is 19.2 Å². The quantitative estimate of drug-likeness (QED) is 0.365. The zero-order valence-corrected chi connectivity index (χ0v) is 18.8. The molecule has 3 aromatic rings. The van der Waals surface area contributed by atoms with Crippen molar-refractivity contribution in [1.29, 1.82) is 0 Å². The number of fused-ring (bicyclic) bond motifs is 1. The van der Waals surface area contributed by atoms with Gasteiger partial charge in [-0.2, -0.15) is 5.10 Å². The molecule has 4 rings (SSSR count). The zero-order valence-electron chi connectivity index (χ0n) is 17.2. The van der Waals surface area contributed by atoms with Gasteiger partial charge in [-0.25, -0.2) is 5.43 Å². The van der Waals surface area contributed by atoms with Gasteiger partial charge >= 0.3 is 5.91 Å². The fraction of sp³-hybridized carbons (Fsp3) is 0.182. The Kier molecular flexibility index (Phi) is 6.50. The third-order valence-corrected chi connectivity index (χ3v) is 5.33. The van der Waals surface area contributed by atoms with Crippen LogP contribution in [-0.2, 0) is 6.61 Å². The van der Waals surface area contributed by atoms with Gasteiger partial charge in [-0.1, -0.05) is 0 Å². The smallest absolute Gasteiger partial charge is 0.307 e. The molecule has 1 aromatic heterocycles. The predicted molar refractivity (Wildman–Crippen MR) is 118 cm³/mol. The van der Waals surface area contributed by atoms with Crippen molar-refractivity contribution in [2.45, 2.75) is 6.61 Å². The molecular weight excluding hydrogens is 484 g/mol. The molecule has 0 fully saturated rings. The molecule has 0 bridgehead atoms. The summed E-state index contributed by atoms with van der Waals surface area (Å²) in [5.41, 5.74) is 3.04. The second kappa shape index (κ2) is 9.65. The molecule has 10 heteroatoms. The van der Waals surface area contributed by atoms with Crippen molar-refractivity contribution in [1.82, 2.24) is 5.43 Å². The maximum Gasteiger partial charge on any atom is 0.307 e. The summed E-state index contributed by atoms with van der Waals surface area (Å²) in [7, 11) is 3.10. The summed E-state index contributed by atoms with van der Waals surface area (Å²) in [6.07, 6.45) is 1.45. The number of benzene rings is 2. The predicted octanol–water partition coefficient (Wildman–Crippen LogP) is 4.13. The first-order chi connectivity index (χ1) is 15.6. The monoisotopic (exact) mass is 502 g/mol. The molecule has 1 amide bonds. The molecule has 9 nitrogen and oxygen atoms in total.